The number of aliphatic hydroxyl groups excluding tert-OH is 1. The molecule has 2 atom stereocenters. The van der Waals surface area contributed by atoms with Gasteiger partial charge in [-0.1, -0.05) is 19.8 Å². The van der Waals surface area contributed by atoms with E-state index in [1.165, 1.54) is 38.5 Å². The fourth-order valence-electron chi connectivity index (χ4n) is 4.02. The highest BCUT2D eigenvalue weighted by atomic mass is 16.3. The van der Waals surface area contributed by atoms with E-state index in [2.05, 4.69) is 24.2 Å². The van der Waals surface area contributed by atoms with E-state index in [9.17, 15) is 5.11 Å². The fourth-order valence-corrected chi connectivity index (χ4v) is 4.02. The first kappa shape index (κ1) is 14.3. The summed E-state index contributed by atoms with van der Waals surface area (Å²) in [7, 11) is 2.31. The number of hydrogen-bond acceptors (Lipinski definition) is 3. The smallest absolute Gasteiger partial charge is 0.0613 e. The van der Waals surface area contributed by atoms with Gasteiger partial charge >= 0.3 is 0 Å². The molecule has 2 saturated carbocycles. The Morgan fingerprint density at radius 2 is 1.83 bits per heavy atom. The third-order valence-electron chi connectivity index (χ3n) is 5.15. The molecule has 0 aromatic rings. The average Bonchev–Trinajstić information content (AvgIpc) is 2.92. The van der Waals surface area contributed by atoms with Gasteiger partial charge in [-0.3, -0.25) is 0 Å². The van der Waals surface area contributed by atoms with E-state index in [1.54, 1.807) is 0 Å². The summed E-state index contributed by atoms with van der Waals surface area (Å²) in [4.78, 5) is 2.62. The lowest BCUT2D eigenvalue weighted by molar-refractivity contribution is 0.0544. The number of nitrogens with one attached hydrogen (secondary N) is 1. The van der Waals surface area contributed by atoms with E-state index in [0.717, 1.165) is 25.4 Å². The molecule has 0 radical (unpaired) electrons. The quantitative estimate of drug-likeness (QED) is 0.789. The molecule has 2 fully saturated rings. The zero-order valence-corrected chi connectivity index (χ0v) is 12.1. The predicted octanol–water partition coefficient (Wildman–Crippen LogP) is 2.14. The highest BCUT2D eigenvalue weighted by Gasteiger charge is 2.38. The maximum atomic E-state index is 9.76. The summed E-state index contributed by atoms with van der Waals surface area (Å²) in [5.74, 6) is 0. The van der Waals surface area contributed by atoms with Crippen molar-refractivity contribution in [2.45, 2.75) is 75.9 Å². The van der Waals surface area contributed by atoms with Crippen molar-refractivity contribution in [1.29, 1.82) is 0 Å². The molecular weight excluding hydrogens is 224 g/mol. The Morgan fingerprint density at radius 1 is 1.17 bits per heavy atom. The van der Waals surface area contributed by atoms with Gasteiger partial charge in [0.15, 0.2) is 0 Å². The largest absolute Gasteiger partial charge is 0.394 e. The lowest BCUT2D eigenvalue weighted by atomic mass is 9.78. The van der Waals surface area contributed by atoms with Crippen LogP contribution in [0.25, 0.3) is 0 Å². The molecule has 0 spiro atoms. The molecule has 0 amide bonds. The topological polar surface area (TPSA) is 35.5 Å². The molecule has 0 aromatic heterocycles. The zero-order valence-electron chi connectivity index (χ0n) is 12.1. The normalized spacial score (nSPS) is 34.3. The van der Waals surface area contributed by atoms with Gasteiger partial charge in [-0.2, -0.15) is 0 Å². The Bertz CT molecular complexity index is 249. The Kier molecular flexibility index (Phi) is 5.05. The van der Waals surface area contributed by atoms with Gasteiger partial charge < -0.3 is 15.3 Å². The van der Waals surface area contributed by atoms with E-state index in [-0.39, 0.29) is 12.1 Å². The third kappa shape index (κ3) is 3.06. The van der Waals surface area contributed by atoms with Crippen molar-refractivity contribution >= 4 is 0 Å². The maximum Gasteiger partial charge on any atom is 0.0613 e. The molecule has 2 aliphatic rings. The molecule has 3 nitrogen and oxygen atoms in total. The molecule has 18 heavy (non-hydrogen) atoms. The van der Waals surface area contributed by atoms with Crippen molar-refractivity contribution in [3.05, 3.63) is 0 Å². The van der Waals surface area contributed by atoms with Gasteiger partial charge in [-0.25, -0.2) is 0 Å². The van der Waals surface area contributed by atoms with E-state index >= 15 is 0 Å². The molecule has 2 rings (SSSR count). The molecule has 0 saturated heterocycles. The Balaban J connectivity index is 1.96. The van der Waals surface area contributed by atoms with E-state index < -0.39 is 0 Å². The fraction of sp³-hybridized carbons (Fsp3) is 1.00. The van der Waals surface area contributed by atoms with Crippen molar-refractivity contribution < 1.29 is 5.11 Å². The molecule has 0 aliphatic heterocycles. The summed E-state index contributed by atoms with van der Waals surface area (Å²) in [6, 6.07) is 1.46. The molecular formula is C15H30N2O. The van der Waals surface area contributed by atoms with E-state index in [4.69, 9.17) is 0 Å². The summed E-state index contributed by atoms with van der Waals surface area (Å²) in [6.45, 7) is 3.39. The minimum Gasteiger partial charge on any atom is -0.394 e. The SMILES string of the molecule is CCNC1(CO)CCCC(N(C)C2CCCC2)C1. The van der Waals surface area contributed by atoms with Gasteiger partial charge in [0.1, 0.15) is 0 Å². The van der Waals surface area contributed by atoms with Gasteiger partial charge in [0.05, 0.1) is 6.61 Å². The molecule has 2 N–H and O–H groups in total. The van der Waals surface area contributed by atoms with Crippen LogP contribution >= 0.6 is 0 Å². The van der Waals surface area contributed by atoms with Crippen LogP contribution in [-0.4, -0.2) is 47.8 Å². The van der Waals surface area contributed by atoms with Crippen LogP contribution in [0.1, 0.15) is 58.3 Å². The van der Waals surface area contributed by atoms with Gasteiger partial charge in [-0.15, -0.1) is 0 Å². The minimum absolute atomic E-state index is 0.00939. The predicted molar refractivity (Wildman–Crippen MR) is 75.8 cm³/mol. The molecule has 0 aromatic carbocycles. The van der Waals surface area contributed by atoms with Crippen molar-refractivity contribution in [3.8, 4) is 0 Å². The van der Waals surface area contributed by atoms with Crippen LogP contribution in [0.4, 0.5) is 0 Å². The Hall–Kier alpha value is -0.120. The minimum atomic E-state index is -0.00939. The number of rotatable bonds is 5. The summed E-state index contributed by atoms with van der Waals surface area (Å²) in [5, 5.41) is 13.3. The molecule has 0 bridgehead atoms. The second kappa shape index (κ2) is 6.36. The van der Waals surface area contributed by atoms with Crippen molar-refractivity contribution in [3.63, 3.8) is 0 Å². The Labute approximate surface area is 112 Å². The first-order valence-electron chi connectivity index (χ1n) is 7.78. The van der Waals surface area contributed by atoms with Crippen LogP contribution in [0.5, 0.6) is 0 Å². The first-order valence-corrected chi connectivity index (χ1v) is 7.78. The summed E-state index contributed by atoms with van der Waals surface area (Å²) in [5.41, 5.74) is -0.00939. The number of likely N-dealkylation sites (N-methyl/N-ethyl adjacent to an activating group) is 1. The van der Waals surface area contributed by atoms with Crippen LogP contribution in [0.2, 0.25) is 0 Å². The van der Waals surface area contributed by atoms with Crippen LogP contribution in [0.3, 0.4) is 0 Å². The highest BCUT2D eigenvalue weighted by Crippen LogP contribution is 2.34. The molecule has 106 valence electrons. The first-order chi connectivity index (χ1) is 8.71. The van der Waals surface area contributed by atoms with E-state index in [0.29, 0.717) is 6.04 Å². The van der Waals surface area contributed by atoms with Gasteiger partial charge in [0.2, 0.25) is 0 Å². The van der Waals surface area contributed by atoms with Gasteiger partial charge in [0, 0.05) is 17.6 Å². The number of hydrogen-bond donors (Lipinski definition) is 2. The van der Waals surface area contributed by atoms with Crippen LogP contribution in [0.15, 0.2) is 0 Å². The maximum absolute atomic E-state index is 9.76. The highest BCUT2D eigenvalue weighted by molar-refractivity contribution is 4.97. The summed E-state index contributed by atoms with van der Waals surface area (Å²) < 4.78 is 0. The third-order valence-corrected chi connectivity index (χ3v) is 5.15. The molecule has 3 heteroatoms. The standard InChI is InChI=1S/C15H30N2O/c1-3-16-15(12-18)10-6-9-14(11-15)17(2)13-7-4-5-8-13/h13-14,16,18H,3-12H2,1-2H3. The van der Waals surface area contributed by atoms with E-state index in [1.807, 2.05) is 0 Å². The second-order valence-corrected chi connectivity index (χ2v) is 6.32. The Morgan fingerprint density at radius 3 is 2.44 bits per heavy atom. The van der Waals surface area contributed by atoms with Crippen LogP contribution in [-0.2, 0) is 0 Å². The molecule has 0 heterocycles. The second-order valence-electron chi connectivity index (χ2n) is 6.32. The lowest BCUT2D eigenvalue weighted by Crippen LogP contribution is -2.56. The van der Waals surface area contributed by atoms with Gasteiger partial charge in [0.25, 0.3) is 0 Å². The zero-order chi connectivity index (χ0) is 13.0. The van der Waals surface area contributed by atoms with Gasteiger partial charge in [-0.05, 0) is 52.1 Å². The molecule has 2 unspecified atom stereocenters. The lowest BCUT2D eigenvalue weighted by Gasteiger charge is -2.45. The van der Waals surface area contributed by atoms with Crippen molar-refractivity contribution in [2.24, 2.45) is 0 Å². The molecule has 2 aliphatic carbocycles. The number of aliphatic hydroxyl groups is 1. The van der Waals surface area contributed by atoms with Crippen LogP contribution in [0, 0.1) is 0 Å². The average molecular weight is 254 g/mol. The number of nitrogens with zero attached hydrogens (tertiary/aromatic N) is 1. The summed E-state index contributed by atoms with van der Waals surface area (Å²) >= 11 is 0. The van der Waals surface area contributed by atoms with Crippen LogP contribution < -0.4 is 5.32 Å². The monoisotopic (exact) mass is 254 g/mol. The van der Waals surface area contributed by atoms with Crippen molar-refractivity contribution in [1.82, 2.24) is 10.2 Å². The van der Waals surface area contributed by atoms with Crippen molar-refractivity contribution in [2.75, 3.05) is 20.2 Å². The summed E-state index contributed by atoms with van der Waals surface area (Å²) in [6.07, 6.45) is 10.4.